The first kappa shape index (κ1) is 15.0. The van der Waals surface area contributed by atoms with Gasteiger partial charge in [-0.1, -0.05) is 0 Å². The maximum Gasteiger partial charge on any atom is 0.224 e. The molecule has 112 valence electrons. The average molecular weight is 279 g/mol. The van der Waals surface area contributed by atoms with Gasteiger partial charge in [-0.25, -0.2) is 0 Å². The molecule has 0 radical (unpaired) electrons. The molecule has 2 heterocycles. The Bertz CT molecular complexity index is 488. The first-order valence-electron chi connectivity index (χ1n) is 7.15. The standard InChI is InChI=1S/C14H25N5O/c1-10-16-17-12(18(10)5)9-19-7-6-11(8-19)13(20)15-14(2,3)4/h11H,6-9H2,1-5H3,(H,15,20). The van der Waals surface area contributed by atoms with Crippen molar-refractivity contribution in [2.75, 3.05) is 13.1 Å². The molecular formula is C14H25N5O. The minimum atomic E-state index is -0.161. The fraction of sp³-hybridized carbons (Fsp3) is 0.786. The lowest BCUT2D eigenvalue weighted by Gasteiger charge is -2.23. The van der Waals surface area contributed by atoms with Crippen molar-refractivity contribution >= 4 is 5.91 Å². The van der Waals surface area contributed by atoms with Crippen molar-refractivity contribution in [1.82, 2.24) is 25.0 Å². The van der Waals surface area contributed by atoms with Gasteiger partial charge in [0.1, 0.15) is 11.6 Å². The molecule has 1 N–H and O–H groups in total. The lowest BCUT2D eigenvalue weighted by molar-refractivity contribution is -0.126. The molecule has 1 aliphatic heterocycles. The number of rotatable bonds is 3. The molecular weight excluding hydrogens is 254 g/mol. The number of carbonyl (C=O) groups excluding carboxylic acids is 1. The van der Waals surface area contributed by atoms with Gasteiger partial charge in [0.15, 0.2) is 0 Å². The van der Waals surface area contributed by atoms with E-state index >= 15 is 0 Å². The van der Waals surface area contributed by atoms with Crippen molar-refractivity contribution in [3.63, 3.8) is 0 Å². The van der Waals surface area contributed by atoms with Crippen LogP contribution in [0.5, 0.6) is 0 Å². The summed E-state index contributed by atoms with van der Waals surface area (Å²) in [5.41, 5.74) is -0.161. The second-order valence-corrected chi connectivity index (χ2v) is 6.68. The van der Waals surface area contributed by atoms with Gasteiger partial charge in [0.2, 0.25) is 5.91 Å². The number of nitrogens with one attached hydrogen (secondary N) is 1. The normalized spacial score (nSPS) is 20.4. The lowest BCUT2D eigenvalue weighted by atomic mass is 10.0. The highest BCUT2D eigenvalue weighted by atomic mass is 16.2. The van der Waals surface area contributed by atoms with Gasteiger partial charge in [0, 0.05) is 19.1 Å². The van der Waals surface area contributed by atoms with Crippen molar-refractivity contribution in [2.45, 2.75) is 46.2 Å². The van der Waals surface area contributed by atoms with Gasteiger partial charge < -0.3 is 9.88 Å². The van der Waals surface area contributed by atoms with E-state index < -0.39 is 0 Å². The van der Waals surface area contributed by atoms with Gasteiger partial charge in [-0.3, -0.25) is 9.69 Å². The largest absolute Gasteiger partial charge is 0.351 e. The molecule has 0 spiro atoms. The number of likely N-dealkylation sites (tertiary alicyclic amines) is 1. The summed E-state index contributed by atoms with van der Waals surface area (Å²) in [7, 11) is 1.98. The van der Waals surface area contributed by atoms with E-state index in [1.165, 1.54) is 0 Å². The summed E-state index contributed by atoms with van der Waals surface area (Å²) in [4.78, 5) is 14.4. The maximum atomic E-state index is 12.2. The summed E-state index contributed by atoms with van der Waals surface area (Å²) in [6.45, 7) is 10.5. The average Bonchev–Trinajstić information content (AvgIpc) is 2.90. The van der Waals surface area contributed by atoms with Crippen LogP contribution in [0.15, 0.2) is 0 Å². The number of hydrogen-bond acceptors (Lipinski definition) is 4. The van der Waals surface area contributed by atoms with Crippen LogP contribution in [0.3, 0.4) is 0 Å². The fourth-order valence-electron chi connectivity index (χ4n) is 2.45. The zero-order valence-corrected chi connectivity index (χ0v) is 13.1. The van der Waals surface area contributed by atoms with E-state index in [1.54, 1.807) is 0 Å². The zero-order valence-electron chi connectivity index (χ0n) is 13.1. The number of hydrogen-bond donors (Lipinski definition) is 1. The summed E-state index contributed by atoms with van der Waals surface area (Å²) in [6.07, 6.45) is 0.915. The lowest BCUT2D eigenvalue weighted by Crippen LogP contribution is -2.44. The molecule has 2 rings (SSSR count). The van der Waals surface area contributed by atoms with Gasteiger partial charge in [-0.05, 0) is 40.7 Å². The fourth-order valence-corrected chi connectivity index (χ4v) is 2.45. The van der Waals surface area contributed by atoms with Gasteiger partial charge in [0.05, 0.1) is 12.5 Å². The predicted molar refractivity (Wildman–Crippen MR) is 77.0 cm³/mol. The van der Waals surface area contributed by atoms with Crippen molar-refractivity contribution in [3.05, 3.63) is 11.6 Å². The van der Waals surface area contributed by atoms with Crippen LogP contribution in [0.25, 0.3) is 0 Å². The molecule has 1 aromatic rings. The summed E-state index contributed by atoms with van der Waals surface area (Å²) in [5, 5.41) is 11.3. The molecule has 1 unspecified atom stereocenters. The van der Waals surface area contributed by atoms with Crippen molar-refractivity contribution in [1.29, 1.82) is 0 Å². The minimum Gasteiger partial charge on any atom is -0.351 e. The Morgan fingerprint density at radius 3 is 2.65 bits per heavy atom. The quantitative estimate of drug-likeness (QED) is 0.891. The molecule has 1 saturated heterocycles. The Morgan fingerprint density at radius 2 is 2.10 bits per heavy atom. The van der Waals surface area contributed by atoms with E-state index in [-0.39, 0.29) is 17.4 Å². The summed E-state index contributed by atoms with van der Waals surface area (Å²) in [5.74, 6) is 2.12. The van der Waals surface area contributed by atoms with Crippen LogP contribution in [0.2, 0.25) is 0 Å². The van der Waals surface area contributed by atoms with E-state index in [1.807, 2.05) is 39.3 Å². The second kappa shape index (κ2) is 5.52. The first-order valence-corrected chi connectivity index (χ1v) is 7.15. The van der Waals surface area contributed by atoms with Crippen LogP contribution in [0, 0.1) is 12.8 Å². The summed E-state index contributed by atoms with van der Waals surface area (Å²) >= 11 is 0. The van der Waals surface area contributed by atoms with Crippen LogP contribution in [-0.2, 0) is 18.4 Å². The van der Waals surface area contributed by atoms with Gasteiger partial charge in [-0.2, -0.15) is 0 Å². The molecule has 1 aliphatic rings. The Labute approximate surface area is 120 Å². The van der Waals surface area contributed by atoms with Crippen molar-refractivity contribution < 1.29 is 4.79 Å². The van der Waals surface area contributed by atoms with Crippen molar-refractivity contribution in [3.8, 4) is 0 Å². The Kier molecular flexibility index (Phi) is 4.13. The summed E-state index contributed by atoms with van der Waals surface area (Å²) < 4.78 is 2.00. The molecule has 1 atom stereocenters. The number of nitrogens with zero attached hydrogens (tertiary/aromatic N) is 4. The highest BCUT2D eigenvalue weighted by Gasteiger charge is 2.30. The number of aryl methyl sites for hydroxylation is 1. The molecule has 6 nitrogen and oxygen atoms in total. The van der Waals surface area contributed by atoms with Crippen LogP contribution < -0.4 is 5.32 Å². The SMILES string of the molecule is Cc1nnc(CN2CCC(C(=O)NC(C)(C)C)C2)n1C. The van der Waals surface area contributed by atoms with Crippen molar-refractivity contribution in [2.24, 2.45) is 13.0 Å². The van der Waals surface area contributed by atoms with E-state index in [4.69, 9.17) is 0 Å². The van der Waals surface area contributed by atoms with Gasteiger partial charge in [0.25, 0.3) is 0 Å². The Morgan fingerprint density at radius 1 is 1.40 bits per heavy atom. The molecule has 6 heteroatoms. The van der Waals surface area contributed by atoms with Crippen LogP contribution in [0.1, 0.15) is 38.8 Å². The number of aromatic nitrogens is 3. The second-order valence-electron chi connectivity index (χ2n) is 6.68. The van der Waals surface area contributed by atoms with E-state index in [2.05, 4.69) is 20.4 Å². The smallest absolute Gasteiger partial charge is 0.224 e. The summed E-state index contributed by atoms with van der Waals surface area (Å²) in [6, 6.07) is 0. The molecule has 0 aliphatic carbocycles. The number of amides is 1. The zero-order chi connectivity index (χ0) is 14.9. The molecule has 1 aromatic heterocycles. The highest BCUT2D eigenvalue weighted by Crippen LogP contribution is 2.19. The Hall–Kier alpha value is -1.43. The van der Waals surface area contributed by atoms with Crippen LogP contribution in [0.4, 0.5) is 0 Å². The molecule has 0 bridgehead atoms. The van der Waals surface area contributed by atoms with E-state index in [9.17, 15) is 4.79 Å². The monoisotopic (exact) mass is 279 g/mol. The third kappa shape index (κ3) is 3.56. The van der Waals surface area contributed by atoms with E-state index in [0.29, 0.717) is 0 Å². The molecule has 20 heavy (non-hydrogen) atoms. The predicted octanol–water partition coefficient (Wildman–Crippen LogP) is 0.860. The third-order valence-corrected chi connectivity index (χ3v) is 3.69. The molecule has 0 saturated carbocycles. The molecule has 1 amide bonds. The molecule has 0 aromatic carbocycles. The van der Waals surface area contributed by atoms with Gasteiger partial charge >= 0.3 is 0 Å². The van der Waals surface area contributed by atoms with Gasteiger partial charge in [-0.15, -0.1) is 10.2 Å². The minimum absolute atomic E-state index is 0.0866. The third-order valence-electron chi connectivity index (χ3n) is 3.69. The highest BCUT2D eigenvalue weighted by molar-refractivity contribution is 5.79. The molecule has 1 fully saturated rings. The van der Waals surface area contributed by atoms with Crippen LogP contribution >= 0.6 is 0 Å². The van der Waals surface area contributed by atoms with E-state index in [0.717, 1.165) is 37.7 Å². The first-order chi connectivity index (χ1) is 9.26. The number of carbonyl (C=O) groups is 1. The maximum absolute atomic E-state index is 12.2. The van der Waals surface area contributed by atoms with Crippen LogP contribution in [-0.4, -0.2) is 44.2 Å². The Balaban J connectivity index is 1.89. The topological polar surface area (TPSA) is 63.1 Å².